The van der Waals surface area contributed by atoms with E-state index in [1.54, 1.807) is 4.90 Å². The Balaban J connectivity index is 2.67. The van der Waals surface area contributed by atoms with Crippen molar-refractivity contribution in [2.24, 2.45) is 16.9 Å². The van der Waals surface area contributed by atoms with E-state index in [-0.39, 0.29) is 17.5 Å². The number of amides is 2. The van der Waals surface area contributed by atoms with Crippen LogP contribution in [0.25, 0.3) is 0 Å². The summed E-state index contributed by atoms with van der Waals surface area (Å²) in [7, 11) is 0. The Morgan fingerprint density at radius 3 is 2.47 bits per heavy atom. The van der Waals surface area contributed by atoms with Crippen LogP contribution in [0.4, 0.5) is 4.79 Å². The number of hydrogen-bond acceptors (Lipinski definition) is 3. The number of carbonyl (C=O) groups excluding carboxylic acids is 1. The molecule has 0 saturated carbocycles. The SMILES string of the molecule is CC(C)(C)C1CN(CCCN)CCN1C(N)=O. The van der Waals surface area contributed by atoms with Crippen LogP contribution < -0.4 is 11.5 Å². The Labute approximate surface area is 104 Å². The van der Waals surface area contributed by atoms with Crippen LogP contribution in [-0.2, 0) is 0 Å². The van der Waals surface area contributed by atoms with Gasteiger partial charge in [0.05, 0.1) is 6.04 Å². The minimum absolute atomic E-state index is 0.0520. The lowest BCUT2D eigenvalue weighted by molar-refractivity contribution is 0.0427. The van der Waals surface area contributed by atoms with Crippen molar-refractivity contribution >= 4 is 6.03 Å². The molecule has 1 rings (SSSR count). The zero-order chi connectivity index (χ0) is 13.1. The molecule has 1 aliphatic rings. The topological polar surface area (TPSA) is 75.6 Å². The first kappa shape index (κ1) is 14.3. The summed E-state index contributed by atoms with van der Waals surface area (Å²) >= 11 is 0. The highest BCUT2D eigenvalue weighted by Crippen LogP contribution is 2.27. The minimum Gasteiger partial charge on any atom is -0.351 e. The zero-order valence-electron chi connectivity index (χ0n) is 11.3. The molecule has 0 spiro atoms. The van der Waals surface area contributed by atoms with E-state index in [1.807, 2.05) is 0 Å². The molecule has 1 aliphatic heterocycles. The van der Waals surface area contributed by atoms with E-state index >= 15 is 0 Å². The van der Waals surface area contributed by atoms with Crippen molar-refractivity contribution < 1.29 is 4.79 Å². The zero-order valence-corrected chi connectivity index (χ0v) is 11.3. The lowest BCUT2D eigenvalue weighted by Crippen LogP contribution is -2.60. The number of urea groups is 1. The van der Waals surface area contributed by atoms with Crippen LogP contribution in [0, 0.1) is 5.41 Å². The minimum atomic E-state index is -0.302. The maximum Gasteiger partial charge on any atom is 0.315 e. The quantitative estimate of drug-likeness (QED) is 0.754. The summed E-state index contributed by atoms with van der Waals surface area (Å²) in [6.45, 7) is 10.7. The number of piperazine rings is 1. The molecule has 0 aliphatic carbocycles. The number of carbonyl (C=O) groups is 1. The van der Waals surface area contributed by atoms with Gasteiger partial charge in [0, 0.05) is 19.6 Å². The first-order valence-electron chi connectivity index (χ1n) is 6.34. The average molecular weight is 242 g/mol. The maximum absolute atomic E-state index is 11.4. The number of rotatable bonds is 3. The van der Waals surface area contributed by atoms with Crippen LogP contribution in [0.3, 0.4) is 0 Å². The highest BCUT2D eigenvalue weighted by molar-refractivity contribution is 5.72. The Morgan fingerprint density at radius 1 is 1.35 bits per heavy atom. The molecule has 1 unspecified atom stereocenters. The van der Waals surface area contributed by atoms with E-state index in [1.165, 1.54) is 0 Å². The van der Waals surface area contributed by atoms with Gasteiger partial charge in [-0.3, -0.25) is 4.90 Å². The molecular formula is C12H26N4O. The molecule has 0 aromatic carbocycles. The first-order valence-corrected chi connectivity index (χ1v) is 6.34. The van der Waals surface area contributed by atoms with Gasteiger partial charge in [0.15, 0.2) is 0 Å². The van der Waals surface area contributed by atoms with E-state index in [2.05, 4.69) is 25.7 Å². The number of hydrogen-bond donors (Lipinski definition) is 2. The first-order chi connectivity index (χ1) is 7.86. The van der Waals surface area contributed by atoms with Gasteiger partial charge >= 0.3 is 6.03 Å². The standard InChI is InChI=1S/C12H26N4O/c1-12(2,3)10-9-15(6-4-5-13)7-8-16(10)11(14)17/h10H,4-9,13H2,1-3H3,(H2,14,17). The van der Waals surface area contributed by atoms with Gasteiger partial charge in [-0.1, -0.05) is 20.8 Å². The van der Waals surface area contributed by atoms with Crippen LogP contribution in [0.5, 0.6) is 0 Å². The van der Waals surface area contributed by atoms with Crippen molar-refractivity contribution in [3.05, 3.63) is 0 Å². The Morgan fingerprint density at radius 2 is 2.00 bits per heavy atom. The lowest BCUT2D eigenvalue weighted by atomic mass is 9.84. The highest BCUT2D eigenvalue weighted by Gasteiger charge is 2.36. The molecule has 1 saturated heterocycles. The summed E-state index contributed by atoms with van der Waals surface area (Å²) in [5.74, 6) is 0. The smallest absolute Gasteiger partial charge is 0.315 e. The van der Waals surface area contributed by atoms with Gasteiger partial charge in [-0.05, 0) is 24.9 Å². The summed E-state index contributed by atoms with van der Waals surface area (Å²) in [6.07, 6.45) is 1.01. The predicted molar refractivity (Wildman–Crippen MR) is 69.6 cm³/mol. The van der Waals surface area contributed by atoms with Crippen molar-refractivity contribution in [3.8, 4) is 0 Å². The number of nitrogens with zero attached hydrogens (tertiary/aromatic N) is 2. The van der Waals surface area contributed by atoms with Gasteiger partial charge in [-0.25, -0.2) is 4.79 Å². The van der Waals surface area contributed by atoms with Crippen molar-refractivity contribution in [2.75, 3.05) is 32.7 Å². The fourth-order valence-electron chi connectivity index (χ4n) is 2.36. The fraction of sp³-hybridized carbons (Fsp3) is 0.917. The van der Waals surface area contributed by atoms with Crippen LogP contribution in [0.15, 0.2) is 0 Å². The molecule has 1 atom stereocenters. The Kier molecular flexibility index (Phi) is 4.77. The Hall–Kier alpha value is -0.810. The van der Waals surface area contributed by atoms with Crippen molar-refractivity contribution in [1.29, 1.82) is 0 Å². The van der Waals surface area contributed by atoms with Crippen molar-refractivity contribution in [3.63, 3.8) is 0 Å². The fourth-order valence-corrected chi connectivity index (χ4v) is 2.36. The summed E-state index contributed by atoms with van der Waals surface area (Å²) in [5.41, 5.74) is 11.0. The van der Waals surface area contributed by atoms with Gasteiger partial charge in [-0.15, -0.1) is 0 Å². The van der Waals surface area contributed by atoms with Crippen LogP contribution in [0.1, 0.15) is 27.2 Å². The van der Waals surface area contributed by atoms with Crippen LogP contribution in [0.2, 0.25) is 0 Å². The number of primary amides is 1. The molecule has 1 heterocycles. The third kappa shape index (κ3) is 3.85. The average Bonchev–Trinajstić information content (AvgIpc) is 2.24. The van der Waals surface area contributed by atoms with Gasteiger partial charge in [0.1, 0.15) is 0 Å². The lowest BCUT2D eigenvalue weighted by Gasteiger charge is -2.46. The molecule has 2 amide bonds. The molecule has 0 aromatic heterocycles. The van der Waals surface area contributed by atoms with E-state index in [0.29, 0.717) is 0 Å². The molecule has 1 fully saturated rings. The van der Waals surface area contributed by atoms with Crippen molar-refractivity contribution in [2.45, 2.75) is 33.2 Å². The summed E-state index contributed by atoms with van der Waals surface area (Å²) in [4.78, 5) is 15.6. The second kappa shape index (κ2) is 5.69. The monoisotopic (exact) mass is 242 g/mol. The van der Waals surface area contributed by atoms with E-state index < -0.39 is 0 Å². The summed E-state index contributed by atoms with van der Waals surface area (Å²) < 4.78 is 0. The summed E-state index contributed by atoms with van der Waals surface area (Å²) in [6, 6.07) is -0.116. The molecular weight excluding hydrogens is 216 g/mol. The molecule has 0 radical (unpaired) electrons. The normalized spacial score (nSPS) is 22.8. The second-order valence-corrected chi connectivity index (χ2v) is 5.86. The Bertz CT molecular complexity index is 262. The predicted octanol–water partition coefficient (Wildman–Crippen LogP) is 0.446. The van der Waals surface area contributed by atoms with Crippen LogP contribution in [-0.4, -0.2) is 54.6 Å². The summed E-state index contributed by atoms with van der Waals surface area (Å²) in [5, 5.41) is 0. The second-order valence-electron chi connectivity index (χ2n) is 5.86. The van der Waals surface area contributed by atoms with E-state index in [4.69, 9.17) is 11.5 Å². The third-order valence-electron chi connectivity index (χ3n) is 3.43. The molecule has 100 valence electrons. The van der Waals surface area contributed by atoms with Crippen molar-refractivity contribution in [1.82, 2.24) is 9.80 Å². The molecule has 0 bridgehead atoms. The largest absolute Gasteiger partial charge is 0.351 e. The third-order valence-corrected chi connectivity index (χ3v) is 3.43. The van der Waals surface area contributed by atoms with E-state index in [9.17, 15) is 4.79 Å². The van der Waals surface area contributed by atoms with Gasteiger partial charge < -0.3 is 16.4 Å². The van der Waals surface area contributed by atoms with Crippen LogP contribution >= 0.6 is 0 Å². The van der Waals surface area contributed by atoms with Gasteiger partial charge in [0.2, 0.25) is 0 Å². The number of nitrogens with two attached hydrogens (primary N) is 2. The van der Waals surface area contributed by atoms with E-state index in [0.717, 1.165) is 39.1 Å². The highest BCUT2D eigenvalue weighted by atomic mass is 16.2. The van der Waals surface area contributed by atoms with Gasteiger partial charge in [-0.2, -0.15) is 0 Å². The molecule has 0 aromatic rings. The molecule has 5 nitrogen and oxygen atoms in total. The molecule has 5 heteroatoms. The van der Waals surface area contributed by atoms with Gasteiger partial charge in [0.25, 0.3) is 0 Å². The molecule has 4 N–H and O–H groups in total. The molecule has 17 heavy (non-hydrogen) atoms. The maximum atomic E-state index is 11.4.